The monoisotopic (exact) mass is 350 g/mol. The summed E-state index contributed by atoms with van der Waals surface area (Å²) in [4.78, 5) is 0.959. The largest absolute Gasteiger partial charge is 0.483 e. The number of benzene rings is 1. The lowest BCUT2D eigenvalue weighted by atomic mass is 10.2. The molecule has 6 heteroatoms. The molecule has 2 heterocycles. The van der Waals surface area contributed by atoms with Gasteiger partial charge in [0.1, 0.15) is 5.75 Å². The number of nitrogens with zero attached hydrogens (tertiary/aromatic N) is 2. The summed E-state index contributed by atoms with van der Waals surface area (Å²) >= 11 is 5.03. The minimum Gasteiger partial charge on any atom is -0.483 e. The van der Waals surface area contributed by atoms with Crippen molar-refractivity contribution in [3.8, 4) is 16.5 Å². The van der Waals surface area contributed by atoms with Gasteiger partial charge in [-0.2, -0.15) is 0 Å². The third-order valence-electron chi connectivity index (χ3n) is 2.64. The predicted octanol–water partition coefficient (Wildman–Crippen LogP) is 4.45. The van der Waals surface area contributed by atoms with E-state index in [1.54, 1.807) is 11.3 Å². The van der Waals surface area contributed by atoms with Gasteiger partial charge in [-0.1, -0.05) is 12.1 Å². The van der Waals surface area contributed by atoms with Gasteiger partial charge in [-0.15, -0.1) is 21.5 Å². The highest BCUT2D eigenvalue weighted by Gasteiger charge is 2.10. The molecule has 3 rings (SSSR count). The highest BCUT2D eigenvalue weighted by Crippen LogP contribution is 2.27. The zero-order chi connectivity index (χ0) is 13.9. The van der Waals surface area contributed by atoms with Crippen LogP contribution < -0.4 is 4.74 Å². The van der Waals surface area contributed by atoms with E-state index in [4.69, 9.17) is 9.15 Å². The molecule has 0 radical (unpaired) electrons. The zero-order valence-corrected chi connectivity index (χ0v) is 13.1. The highest BCUT2D eigenvalue weighted by molar-refractivity contribution is 9.10. The van der Waals surface area contributed by atoms with E-state index in [0.717, 1.165) is 15.1 Å². The molecule has 4 nitrogen and oxygen atoms in total. The number of hydrogen-bond acceptors (Lipinski definition) is 5. The fourth-order valence-electron chi connectivity index (χ4n) is 1.67. The molecule has 0 saturated heterocycles. The van der Waals surface area contributed by atoms with Gasteiger partial charge in [0.2, 0.25) is 0 Å². The van der Waals surface area contributed by atoms with Crippen molar-refractivity contribution in [3.05, 3.63) is 51.6 Å². The highest BCUT2D eigenvalue weighted by atomic mass is 79.9. The van der Waals surface area contributed by atoms with Gasteiger partial charge in [-0.3, -0.25) is 0 Å². The number of ether oxygens (including phenoxy) is 1. The van der Waals surface area contributed by atoms with Crippen LogP contribution >= 0.6 is 27.3 Å². The van der Waals surface area contributed by atoms with E-state index in [1.165, 1.54) is 5.56 Å². The van der Waals surface area contributed by atoms with E-state index < -0.39 is 0 Å². The van der Waals surface area contributed by atoms with Gasteiger partial charge in [0, 0.05) is 0 Å². The van der Waals surface area contributed by atoms with E-state index in [-0.39, 0.29) is 6.61 Å². The quantitative estimate of drug-likeness (QED) is 0.697. The Morgan fingerprint density at radius 1 is 1.30 bits per heavy atom. The van der Waals surface area contributed by atoms with Crippen molar-refractivity contribution in [2.45, 2.75) is 13.5 Å². The second-order valence-corrected chi connectivity index (χ2v) is 6.00. The summed E-state index contributed by atoms with van der Waals surface area (Å²) in [5.41, 5.74) is 1.17. The second-order valence-electron chi connectivity index (χ2n) is 4.20. The SMILES string of the molecule is Cc1ccc(OCc2nnc(-c3cccs3)o2)c(Br)c1. The predicted molar refractivity (Wildman–Crippen MR) is 80.8 cm³/mol. The average molecular weight is 351 g/mol. The smallest absolute Gasteiger partial charge is 0.257 e. The lowest BCUT2D eigenvalue weighted by Gasteiger charge is -2.06. The van der Waals surface area contributed by atoms with Gasteiger partial charge in [0.25, 0.3) is 11.8 Å². The van der Waals surface area contributed by atoms with E-state index in [1.807, 2.05) is 42.6 Å². The maximum atomic E-state index is 5.67. The summed E-state index contributed by atoms with van der Waals surface area (Å²) in [7, 11) is 0. The molecule has 0 spiro atoms. The lowest BCUT2D eigenvalue weighted by molar-refractivity contribution is 0.263. The summed E-state index contributed by atoms with van der Waals surface area (Å²) in [6.45, 7) is 2.28. The molecule has 0 atom stereocenters. The zero-order valence-electron chi connectivity index (χ0n) is 10.7. The van der Waals surface area contributed by atoms with Crippen LogP contribution in [0.4, 0.5) is 0 Å². The van der Waals surface area contributed by atoms with Crippen molar-refractivity contribution in [3.63, 3.8) is 0 Å². The molecule has 0 unspecified atom stereocenters. The molecule has 0 amide bonds. The molecule has 0 bridgehead atoms. The minimum atomic E-state index is 0.250. The van der Waals surface area contributed by atoms with E-state index in [2.05, 4.69) is 26.1 Å². The van der Waals surface area contributed by atoms with E-state index >= 15 is 0 Å². The third-order valence-corrected chi connectivity index (χ3v) is 4.11. The van der Waals surface area contributed by atoms with Gasteiger partial charge >= 0.3 is 0 Å². The van der Waals surface area contributed by atoms with Gasteiger partial charge in [0.05, 0.1) is 9.35 Å². The first-order chi connectivity index (χ1) is 9.72. The van der Waals surface area contributed by atoms with Gasteiger partial charge in [0.15, 0.2) is 6.61 Å². The second kappa shape index (κ2) is 5.76. The average Bonchev–Trinajstić information content (AvgIpc) is 3.08. The van der Waals surface area contributed by atoms with Crippen LogP contribution in [0.25, 0.3) is 10.8 Å². The molecule has 20 heavy (non-hydrogen) atoms. The van der Waals surface area contributed by atoms with Crippen LogP contribution in [0.3, 0.4) is 0 Å². The van der Waals surface area contributed by atoms with Crippen LogP contribution in [0.1, 0.15) is 11.5 Å². The maximum Gasteiger partial charge on any atom is 0.257 e. The number of hydrogen-bond donors (Lipinski definition) is 0. The van der Waals surface area contributed by atoms with Crippen molar-refractivity contribution in [1.82, 2.24) is 10.2 Å². The van der Waals surface area contributed by atoms with Crippen LogP contribution in [-0.2, 0) is 6.61 Å². The first-order valence-electron chi connectivity index (χ1n) is 5.97. The fraction of sp³-hybridized carbons (Fsp3) is 0.143. The van der Waals surface area contributed by atoms with Gasteiger partial charge in [-0.25, -0.2) is 0 Å². The Morgan fingerprint density at radius 3 is 2.95 bits per heavy atom. The Morgan fingerprint density at radius 2 is 2.20 bits per heavy atom. The molecule has 0 fully saturated rings. The summed E-state index contributed by atoms with van der Waals surface area (Å²) in [5.74, 6) is 1.74. The summed E-state index contributed by atoms with van der Waals surface area (Å²) in [6.07, 6.45) is 0. The molecular formula is C14H11BrN2O2S. The molecule has 3 aromatic rings. The topological polar surface area (TPSA) is 48.2 Å². The number of aromatic nitrogens is 2. The Hall–Kier alpha value is -1.66. The number of rotatable bonds is 4. The minimum absolute atomic E-state index is 0.250. The summed E-state index contributed by atoms with van der Waals surface area (Å²) in [6, 6.07) is 9.80. The number of halogens is 1. The molecule has 0 N–H and O–H groups in total. The molecule has 0 aliphatic carbocycles. The first-order valence-corrected chi connectivity index (χ1v) is 7.65. The summed E-state index contributed by atoms with van der Waals surface area (Å²) in [5, 5.41) is 9.97. The van der Waals surface area contributed by atoms with Crippen LogP contribution in [0.2, 0.25) is 0 Å². The van der Waals surface area contributed by atoms with Crippen molar-refractivity contribution < 1.29 is 9.15 Å². The van der Waals surface area contributed by atoms with E-state index in [0.29, 0.717) is 11.8 Å². The fourth-order valence-corrected chi connectivity index (χ4v) is 2.93. The van der Waals surface area contributed by atoms with E-state index in [9.17, 15) is 0 Å². The molecule has 0 aliphatic heterocycles. The molecule has 2 aromatic heterocycles. The Labute approximate surface area is 128 Å². The molecule has 102 valence electrons. The Kier molecular flexibility index (Phi) is 3.84. The lowest BCUT2D eigenvalue weighted by Crippen LogP contribution is -1.96. The van der Waals surface area contributed by atoms with Crippen molar-refractivity contribution in [2.24, 2.45) is 0 Å². The van der Waals surface area contributed by atoms with Crippen LogP contribution in [0.15, 0.2) is 44.6 Å². The first kappa shape index (κ1) is 13.3. The Bertz CT molecular complexity index is 710. The summed E-state index contributed by atoms with van der Waals surface area (Å²) < 4.78 is 12.1. The van der Waals surface area contributed by atoms with Crippen LogP contribution in [-0.4, -0.2) is 10.2 Å². The molecule has 1 aromatic carbocycles. The Balaban J connectivity index is 1.70. The molecule has 0 aliphatic rings. The van der Waals surface area contributed by atoms with Crippen molar-refractivity contribution in [1.29, 1.82) is 0 Å². The molecule has 0 saturated carbocycles. The van der Waals surface area contributed by atoms with Gasteiger partial charge in [-0.05, 0) is 52.0 Å². The molecular weight excluding hydrogens is 340 g/mol. The maximum absolute atomic E-state index is 5.67. The van der Waals surface area contributed by atoms with Crippen LogP contribution in [0.5, 0.6) is 5.75 Å². The van der Waals surface area contributed by atoms with Crippen LogP contribution in [0, 0.1) is 6.92 Å². The third kappa shape index (κ3) is 2.91. The normalized spacial score (nSPS) is 10.7. The number of aryl methyl sites for hydroxylation is 1. The van der Waals surface area contributed by atoms with Crippen molar-refractivity contribution >= 4 is 27.3 Å². The number of thiophene rings is 1. The van der Waals surface area contributed by atoms with Gasteiger partial charge < -0.3 is 9.15 Å². The van der Waals surface area contributed by atoms with Crippen molar-refractivity contribution in [2.75, 3.05) is 0 Å². The standard InChI is InChI=1S/C14H11BrN2O2S/c1-9-4-5-11(10(15)7-9)18-8-13-16-17-14(19-13)12-3-2-6-20-12/h2-7H,8H2,1H3.